The second-order valence-electron chi connectivity index (χ2n) is 5.23. The van der Waals surface area contributed by atoms with Gasteiger partial charge in [0.15, 0.2) is 0 Å². The van der Waals surface area contributed by atoms with Crippen LogP contribution in [0.25, 0.3) is 0 Å². The van der Waals surface area contributed by atoms with Gasteiger partial charge in [-0.2, -0.15) is 0 Å². The Kier molecular flexibility index (Phi) is 7.15. The van der Waals surface area contributed by atoms with E-state index in [1.807, 2.05) is 17.9 Å². The molecule has 1 rings (SSSR count). The Bertz CT molecular complexity index is 463. The maximum atomic E-state index is 14.1. The molecule has 0 saturated carbocycles. The summed E-state index contributed by atoms with van der Waals surface area (Å²) in [6.45, 7) is 6.27. The maximum Gasteiger partial charge on any atom is 0.241 e. The molecule has 4 nitrogen and oxygen atoms in total. The number of nitrogens with one attached hydrogen (secondary N) is 1. The summed E-state index contributed by atoms with van der Waals surface area (Å²) >= 11 is 0. The number of benzene rings is 1. The van der Waals surface area contributed by atoms with Gasteiger partial charge in [0, 0.05) is 38.4 Å². The second-order valence-corrected chi connectivity index (χ2v) is 5.23. The van der Waals surface area contributed by atoms with Crippen LogP contribution in [0.4, 0.5) is 10.1 Å². The summed E-state index contributed by atoms with van der Waals surface area (Å²) in [6, 6.07) is 5.05. The highest BCUT2D eigenvalue weighted by Crippen LogP contribution is 2.23. The fourth-order valence-corrected chi connectivity index (χ4v) is 2.13. The Morgan fingerprint density at radius 1 is 1.29 bits per heavy atom. The van der Waals surface area contributed by atoms with E-state index in [-0.39, 0.29) is 18.3 Å². The Morgan fingerprint density at radius 2 is 2.00 bits per heavy atom. The van der Waals surface area contributed by atoms with Crippen molar-refractivity contribution in [3.05, 3.63) is 29.6 Å². The zero-order chi connectivity index (χ0) is 15.8. The van der Waals surface area contributed by atoms with Crippen molar-refractivity contribution in [2.45, 2.75) is 26.8 Å². The van der Waals surface area contributed by atoms with Gasteiger partial charge < -0.3 is 15.1 Å². The first-order valence-corrected chi connectivity index (χ1v) is 7.44. The number of rotatable bonds is 8. The highest BCUT2D eigenvalue weighted by atomic mass is 19.1. The summed E-state index contributed by atoms with van der Waals surface area (Å²) in [5, 5.41) is 3.16. The van der Waals surface area contributed by atoms with Crippen LogP contribution in [0.1, 0.15) is 25.8 Å². The molecule has 0 fully saturated rings. The van der Waals surface area contributed by atoms with Gasteiger partial charge in [-0.05, 0) is 25.1 Å². The van der Waals surface area contributed by atoms with Crippen molar-refractivity contribution < 1.29 is 9.18 Å². The predicted molar refractivity (Wildman–Crippen MR) is 85.0 cm³/mol. The van der Waals surface area contributed by atoms with Crippen LogP contribution >= 0.6 is 0 Å². The maximum absolute atomic E-state index is 14.1. The lowest BCUT2D eigenvalue weighted by molar-refractivity contribution is -0.127. The fourth-order valence-electron chi connectivity index (χ4n) is 2.13. The van der Waals surface area contributed by atoms with E-state index in [1.165, 1.54) is 6.07 Å². The average Bonchev–Trinajstić information content (AvgIpc) is 2.45. The van der Waals surface area contributed by atoms with Gasteiger partial charge in [-0.3, -0.25) is 4.79 Å². The van der Waals surface area contributed by atoms with E-state index in [2.05, 4.69) is 12.2 Å². The normalized spacial score (nSPS) is 10.5. The van der Waals surface area contributed by atoms with Gasteiger partial charge in [-0.15, -0.1) is 0 Å². The SMILES string of the molecule is CCCN(CC(=O)N(C)C)c1cccc(F)c1CNCC. The molecule has 0 aliphatic rings. The molecule has 0 heterocycles. The molecule has 1 amide bonds. The van der Waals surface area contributed by atoms with E-state index in [9.17, 15) is 9.18 Å². The summed E-state index contributed by atoms with van der Waals surface area (Å²) in [4.78, 5) is 15.5. The van der Waals surface area contributed by atoms with Crippen molar-refractivity contribution >= 4 is 11.6 Å². The molecule has 118 valence electrons. The largest absolute Gasteiger partial charge is 0.362 e. The van der Waals surface area contributed by atoms with Gasteiger partial charge in [0.25, 0.3) is 0 Å². The number of likely N-dealkylation sites (N-methyl/N-ethyl adjacent to an activating group) is 1. The van der Waals surface area contributed by atoms with Gasteiger partial charge in [-0.1, -0.05) is 19.9 Å². The summed E-state index contributed by atoms with van der Waals surface area (Å²) < 4.78 is 14.1. The molecule has 0 bridgehead atoms. The van der Waals surface area contributed by atoms with Crippen molar-refractivity contribution in [3.63, 3.8) is 0 Å². The van der Waals surface area contributed by atoms with E-state index in [0.717, 1.165) is 25.2 Å². The molecule has 21 heavy (non-hydrogen) atoms. The number of anilines is 1. The minimum Gasteiger partial charge on any atom is -0.362 e. The van der Waals surface area contributed by atoms with Gasteiger partial charge in [0.05, 0.1) is 6.54 Å². The molecular formula is C16H26FN3O. The Balaban J connectivity index is 3.06. The number of carbonyl (C=O) groups is 1. The number of nitrogens with zero attached hydrogens (tertiary/aromatic N) is 2. The zero-order valence-electron chi connectivity index (χ0n) is 13.4. The Hall–Kier alpha value is -1.62. The van der Waals surface area contributed by atoms with E-state index >= 15 is 0 Å². The summed E-state index contributed by atoms with van der Waals surface area (Å²) in [5.41, 5.74) is 1.42. The van der Waals surface area contributed by atoms with Crippen LogP contribution in [-0.4, -0.2) is 44.5 Å². The van der Waals surface area contributed by atoms with Gasteiger partial charge in [0.1, 0.15) is 5.82 Å². The van der Waals surface area contributed by atoms with Gasteiger partial charge in [0.2, 0.25) is 5.91 Å². The number of hydrogen-bond acceptors (Lipinski definition) is 3. The highest BCUT2D eigenvalue weighted by Gasteiger charge is 2.17. The first kappa shape index (κ1) is 17.4. The topological polar surface area (TPSA) is 35.6 Å². The standard InChI is InChI=1S/C16H26FN3O/c1-5-10-20(12-16(21)19(3)4)15-9-7-8-14(17)13(15)11-18-6-2/h7-9,18H,5-6,10-12H2,1-4H3. The molecule has 0 aliphatic carbocycles. The van der Waals surface area contributed by atoms with Gasteiger partial charge in [-0.25, -0.2) is 4.39 Å². The van der Waals surface area contributed by atoms with Gasteiger partial charge >= 0.3 is 0 Å². The molecule has 0 radical (unpaired) electrons. The second kappa shape index (κ2) is 8.62. The smallest absolute Gasteiger partial charge is 0.241 e. The lowest BCUT2D eigenvalue weighted by Crippen LogP contribution is -2.38. The van der Waals surface area contributed by atoms with Crippen molar-refractivity contribution in [1.29, 1.82) is 0 Å². The lowest BCUT2D eigenvalue weighted by Gasteiger charge is -2.27. The molecule has 1 aromatic carbocycles. The van der Waals surface area contributed by atoms with Crippen molar-refractivity contribution in [3.8, 4) is 0 Å². The van der Waals surface area contributed by atoms with Crippen molar-refractivity contribution in [2.75, 3.05) is 38.6 Å². The van der Waals surface area contributed by atoms with Crippen LogP contribution in [0.2, 0.25) is 0 Å². The quantitative estimate of drug-likeness (QED) is 0.799. The third kappa shape index (κ3) is 5.01. The molecule has 0 unspecified atom stereocenters. The number of hydrogen-bond donors (Lipinski definition) is 1. The van der Waals surface area contributed by atoms with Crippen LogP contribution < -0.4 is 10.2 Å². The van der Waals surface area contributed by atoms with Crippen LogP contribution in [0.3, 0.4) is 0 Å². The van der Waals surface area contributed by atoms with Crippen molar-refractivity contribution in [1.82, 2.24) is 10.2 Å². The molecule has 0 atom stereocenters. The Morgan fingerprint density at radius 3 is 2.57 bits per heavy atom. The molecule has 0 aromatic heterocycles. The Labute approximate surface area is 126 Å². The fraction of sp³-hybridized carbons (Fsp3) is 0.562. The molecule has 1 N–H and O–H groups in total. The number of amides is 1. The lowest BCUT2D eigenvalue weighted by atomic mass is 10.1. The molecule has 5 heteroatoms. The molecule has 1 aromatic rings. The van der Waals surface area contributed by atoms with Crippen LogP contribution in [0.15, 0.2) is 18.2 Å². The molecule has 0 aliphatic heterocycles. The number of carbonyl (C=O) groups excluding carboxylic acids is 1. The van der Waals surface area contributed by atoms with Crippen LogP contribution in [0.5, 0.6) is 0 Å². The number of halogens is 1. The van der Waals surface area contributed by atoms with E-state index in [4.69, 9.17) is 0 Å². The molecule has 0 spiro atoms. The van der Waals surface area contributed by atoms with Crippen molar-refractivity contribution in [2.24, 2.45) is 0 Å². The van der Waals surface area contributed by atoms with Crippen LogP contribution in [0, 0.1) is 5.82 Å². The first-order chi connectivity index (χ1) is 10.0. The summed E-state index contributed by atoms with van der Waals surface area (Å²) in [5.74, 6) is -0.214. The van der Waals surface area contributed by atoms with Crippen LogP contribution in [-0.2, 0) is 11.3 Å². The third-order valence-electron chi connectivity index (χ3n) is 3.31. The first-order valence-electron chi connectivity index (χ1n) is 7.44. The molecule has 0 saturated heterocycles. The molecular weight excluding hydrogens is 269 g/mol. The highest BCUT2D eigenvalue weighted by molar-refractivity contribution is 5.81. The minimum atomic E-state index is -0.230. The summed E-state index contributed by atoms with van der Waals surface area (Å²) in [7, 11) is 3.47. The third-order valence-corrected chi connectivity index (χ3v) is 3.31. The minimum absolute atomic E-state index is 0.0158. The van der Waals surface area contributed by atoms with E-state index in [1.54, 1.807) is 25.1 Å². The summed E-state index contributed by atoms with van der Waals surface area (Å²) in [6.07, 6.45) is 0.901. The monoisotopic (exact) mass is 295 g/mol. The average molecular weight is 295 g/mol. The zero-order valence-corrected chi connectivity index (χ0v) is 13.4. The van der Waals surface area contributed by atoms with E-state index in [0.29, 0.717) is 12.1 Å². The predicted octanol–water partition coefficient (Wildman–Crippen LogP) is 2.24. The van der Waals surface area contributed by atoms with E-state index < -0.39 is 0 Å².